The third-order valence-corrected chi connectivity index (χ3v) is 4.77. The summed E-state index contributed by atoms with van der Waals surface area (Å²) in [6.45, 7) is 1.96. The first-order valence-electron chi connectivity index (χ1n) is 7.53. The van der Waals surface area contributed by atoms with E-state index in [2.05, 4.69) is 21.4 Å². The maximum Gasteiger partial charge on any atom is 0.232 e. The van der Waals surface area contributed by atoms with Gasteiger partial charge in [-0.2, -0.15) is 0 Å². The van der Waals surface area contributed by atoms with Crippen LogP contribution in [0.1, 0.15) is 49.4 Å². The van der Waals surface area contributed by atoms with E-state index < -0.39 is 0 Å². The third kappa shape index (κ3) is 1.74. The van der Waals surface area contributed by atoms with Crippen molar-refractivity contribution in [3.05, 3.63) is 23.5 Å². The lowest BCUT2D eigenvalue weighted by molar-refractivity contribution is -0.118. The fourth-order valence-corrected chi connectivity index (χ4v) is 3.85. The van der Waals surface area contributed by atoms with Gasteiger partial charge in [0.15, 0.2) is 0 Å². The first-order chi connectivity index (χ1) is 9.72. The molecule has 2 heterocycles. The molecule has 1 atom stereocenters. The van der Waals surface area contributed by atoms with E-state index in [0.717, 1.165) is 28.1 Å². The molecule has 1 amide bonds. The van der Waals surface area contributed by atoms with E-state index >= 15 is 0 Å². The predicted octanol–water partition coefficient (Wildman–Crippen LogP) is 3.49. The number of aromatic amines is 1. The highest BCUT2D eigenvalue weighted by atomic mass is 16.2. The molecule has 20 heavy (non-hydrogen) atoms. The van der Waals surface area contributed by atoms with Crippen molar-refractivity contribution in [1.29, 1.82) is 0 Å². The van der Waals surface area contributed by atoms with Gasteiger partial charge in [-0.15, -0.1) is 0 Å². The Balaban J connectivity index is 1.79. The smallest absolute Gasteiger partial charge is 0.232 e. The van der Waals surface area contributed by atoms with Gasteiger partial charge in [0, 0.05) is 5.69 Å². The van der Waals surface area contributed by atoms with Gasteiger partial charge in [-0.3, -0.25) is 4.79 Å². The summed E-state index contributed by atoms with van der Waals surface area (Å²) in [7, 11) is 0. The molecule has 1 aromatic heterocycles. The minimum Gasteiger partial charge on any atom is -0.342 e. The molecule has 1 saturated carbocycles. The number of rotatable bonds is 1. The number of nitrogens with zero attached hydrogens (tertiary/aromatic N) is 1. The fourth-order valence-electron chi connectivity index (χ4n) is 3.85. The first kappa shape index (κ1) is 11.9. The number of aromatic nitrogens is 2. The average Bonchev–Trinajstić information content (AvgIpc) is 2.94. The number of amides is 1. The molecule has 4 nitrogen and oxygen atoms in total. The van der Waals surface area contributed by atoms with Gasteiger partial charge in [0.1, 0.15) is 5.82 Å². The molecule has 0 saturated heterocycles. The molecule has 4 rings (SSSR count). The fraction of sp³-hybridized carbons (Fsp3) is 0.500. The molecule has 2 N–H and O–H groups in total. The molecular formula is C16H19N3O. The highest BCUT2D eigenvalue weighted by Crippen LogP contribution is 2.44. The summed E-state index contributed by atoms with van der Waals surface area (Å²) in [6.07, 6.45) is 6.19. The minimum absolute atomic E-state index is 0.0401. The van der Waals surface area contributed by atoms with Crippen LogP contribution in [0.5, 0.6) is 0 Å². The normalized spacial score (nSPS) is 23.1. The van der Waals surface area contributed by atoms with Gasteiger partial charge in [0.25, 0.3) is 0 Å². The standard InChI is InChI=1S/C16H19N3O/c1-9-17-13-7-11-12(8-14(13)18-9)19-16(20)15(11)10-5-3-2-4-6-10/h7-8,10,15H,2-6H2,1H3,(H,17,18)(H,19,20). The number of fused-ring (bicyclic) bond motifs is 2. The van der Waals surface area contributed by atoms with Crippen molar-refractivity contribution in [3.63, 3.8) is 0 Å². The van der Waals surface area contributed by atoms with Gasteiger partial charge in [-0.05, 0) is 43.4 Å². The number of benzene rings is 1. The van der Waals surface area contributed by atoms with Crippen LogP contribution in [0.4, 0.5) is 5.69 Å². The van der Waals surface area contributed by atoms with Crippen molar-refractivity contribution >= 4 is 22.6 Å². The van der Waals surface area contributed by atoms with Gasteiger partial charge < -0.3 is 10.3 Å². The Bertz CT molecular complexity index is 682. The Morgan fingerprint density at radius 1 is 1.20 bits per heavy atom. The third-order valence-electron chi connectivity index (χ3n) is 4.77. The molecule has 1 aliphatic carbocycles. The van der Waals surface area contributed by atoms with Crippen LogP contribution in [0.3, 0.4) is 0 Å². The Labute approximate surface area is 118 Å². The highest BCUT2D eigenvalue weighted by Gasteiger charge is 2.37. The lowest BCUT2D eigenvalue weighted by Crippen LogP contribution is -2.22. The summed E-state index contributed by atoms with van der Waals surface area (Å²) in [4.78, 5) is 20.1. The summed E-state index contributed by atoms with van der Waals surface area (Å²) >= 11 is 0. The van der Waals surface area contributed by atoms with Gasteiger partial charge in [-0.1, -0.05) is 19.3 Å². The molecular weight excluding hydrogens is 250 g/mol. The van der Waals surface area contributed by atoms with Gasteiger partial charge in [0.05, 0.1) is 17.0 Å². The monoisotopic (exact) mass is 269 g/mol. The maximum absolute atomic E-state index is 12.4. The van der Waals surface area contributed by atoms with Crippen molar-refractivity contribution in [2.45, 2.75) is 44.9 Å². The first-order valence-corrected chi connectivity index (χ1v) is 7.53. The van der Waals surface area contributed by atoms with E-state index in [1.807, 2.05) is 13.0 Å². The van der Waals surface area contributed by atoms with E-state index in [-0.39, 0.29) is 11.8 Å². The van der Waals surface area contributed by atoms with Crippen molar-refractivity contribution in [2.75, 3.05) is 5.32 Å². The van der Waals surface area contributed by atoms with Crippen LogP contribution < -0.4 is 5.32 Å². The number of hydrogen-bond acceptors (Lipinski definition) is 2. The van der Waals surface area contributed by atoms with Crippen LogP contribution in [0.2, 0.25) is 0 Å². The number of anilines is 1. The molecule has 104 valence electrons. The molecule has 1 aromatic carbocycles. The van der Waals surface area contributed by atoms with Crippen LogP contribution >= 0.6 is 0 Å². The quantitative estimate of drug-likeness (QED) is 0.832. The molecule has 2 aromatic rings. The van der Waals surface area contributed by atoms with E-state index in [1.54, 1.807) is 0 Å². The number of nitrogens with one attached hydrogen (secondary N) is 2. The summed E-state index contributed by atoms with van der Waals surface area (Å²) in [6, 6.07) is 4.14. The molecule has 2 aliphatic rings. The summed E-state index contributed by atoms with van der Waals surface area (Å²) in [5, 5.41) is 3.05. The Kier molecular flexibility index (Phi) is 2.59. The number of hydrogen-bond donors (Lipinski definition) is 2. The zero-order valence-electron chi connectivity index (χ0n) is 11.7. The van der Waals surface area contributed by atoms with Crippen LogP contribution in [-0.2, 0) is 4.79 Å². The lowest BCUT2D eigenvalue weighted by atomic mass is 9.77. The van der Waals surface area contributed by atoms with Crippen molar-refractivity contribution in [2.24, 2.45) is 5.92 Å². The van der Waals surface area contributed by atoms with Crippen LogP contribution in [0.25, 0.3) is 11.0 Å². The number of aryl methyl sites for hydroxylation is 1. The molecule has 1 unspecified atom stereocenters. The Morgan fingerprint density at radius 3 is 2.80 bits per heavy atom. The number of carbonyl (C=O) groups excluding carboxylic acids is 1. The molecule has 0 spiro atoms. The van der Waals surface area contributed by atoms with E-state index in [9.17, 15) is 4.79 Å². The second kappa shape index (κ2) is 4.33. The van der Waals surface area contributed by atoms with Crippen LogP contribution in [-0.4, -0.2) is 15.9 Å². The van der Waals surface area contributed by atoms with E-state index in [4.69, 9.17) is 0 Å². The van der Waals surface area contributed by atoms with Crippen LogP contribution in [0.15, 0.2) is 12.1 Å². The highest BCUT2D eigenvalue weighted by molar-refractivity contribution is 6.05. The summed E-state index contributed by atoms with van der Waals surface area (Å²) < 4.78 is 0. The Morgan fingerprint density at radius 2 is 2.00 bits per heavy atom. The maximum atomic E-state index is 12.4. The second-order valence-corrected chi connectivity index (χ2v) is 6.14. The zero-order valence-corrected chi connectivity index (χ0v) is 11.7. The van der Waals surface area contributed by atoms with Gasteiger partial charge in [0.2, 0.25) is 5.91 Å². The molecule has 0 radical (unpaired) electrons. The van der Waals surface area contributed by atoms with Crippen molar-refractivity contribution in [1.82, 2.24) is 9.97 Å². The lowest BCUT2D eigenvalue weighted by Gasteiger charge is -2.26. The van der Waals surface area contributed by atoms with Crippen molar-refractivity contribution in [3.8, 4) is 0 Å². The number of imidazole rings is 1. The molecule has 1 aliphatic heterocycles. The average molecular weight is 269 g/mol. The zero-order chi connectivity index (χ0) is 13.7. The van der Waals surface area contributed by atoms with Gasteiger partial charge in [-0.25, -0.2) is 4.98 Å². The van der Waals surface area contributed by atoms with E-state index in [0.29, 0.717) is 5.92 Å². The molecule has 4 heteroatoms. The van der Waals surface area contributed by atoms with Crippen molar-refractivity contribution < 1.29 is 4.79 Å². The largest absolute Gasteiger partial charge is 0.342 e. The summed E-state index contributed by atoms with van der Waals surface area (Å²) in [5.41, 5.74) is 4.10. The van der Waals surface area contributed by atoms with Gasteiger partial charge >= 0.3 is 0 Å². The second-order valence-electron chi connectivity index (χ2n) is 6.14. The molecule has 1 fully saturated rings. The van der Waals surface area contributed by atoms with Crippen LogP contribution in [0, 0.1) is 12.8 Å². The predicted molar refractivity (Wildman–Crippen MR) is 78.8 cm³/mol. The molecule has 0 bridgehead atoms. The topological polar surface area (TPSA) is 57.8 Å². The number of H-pyrrole nitrogens is 1. The summed E-state index contributed by atoms with van der Waals surface area (Å²) in [5.74, 6) is 1.64. The Hall–Kier alpha value is -1.84. The SMILES string of the molecule is Cc1nc2cc3c(cc2[nH]1)C(C1CCCCC1)C(=O)N3. The van der Waals surface area contributed by atoms with E-state index in [1.165, 1.54) is 32.1 Å². The number of carbonyl (C=O) groups is 1. The minimum atomic E-state index is 0.0401.